The maximum absolute atomic E-state index is 11.7. The molecule has 4 N–H and O–H groups in total. The summed E-state index contributed by atoms with van der Waals surface area (Å²) in [7, 11) is 0. The van der Waals surface area contributed by atoms with Gasteiger partial charge in [-0.1, -0.05) is 18.2 Å². The summed E-state index contributed by atoms with van der Waals surface area (Å²) in [6.07, 6.45) is 0.610. The molecule has 2 rings (SSSR count). The fraction of sp³-hybridized carbons (Fsp3) is 0.333. The minimum absolute atomic E-state index is 0.383. The zero-order chi connectivity index (χ0) is 13.0. The lowest BCUT2D eigenvalue weighted by Gasteiger charge is -2.17. The van der Waals surface area contributed by atoms with Gasteiger partial charge in [-0.05, 0) is 25.1 Å². The van der Waals surface area contributed by atoms with E-state index in [-0.39, 0.29) is 12.1 Å². The summed E-state index contributed by atoms with van der Waals surface area (Å²) in [4.78, 5) is 22.6. The zero-order valence-corrected chi connectivity index (χ0v) is 9.72. The molecule has 1 aliphatic heterocycles. The number of urea groups is 1. The van der Waals surface area contributed by atoms with Crippen molar-refractivity contribution < 1.29 is 14.7 Å². The Labute approximate surface area is 104 Å². The third-order valence-electron chi connectivity index (χ3n) is 2.84. The maximum atomic E-state index is 11.7. The first-order valence-electron chi connectivity index (χ1n) is 5.75. The van der Waals surface area contributed by atoms with E-state index in [4.69, 9.17) is 5.11 Å². The molecule has 6 heteroatoms. The number of carbonyl (C=O) groups is 2. The largest absolute Gasteiger partial charge is 0.480 e. The molecule has 18 heavy (non-hydrogen) atoms. The molecule has 1 aliphatic rings. The van der Waals surface area contributed by atoms with Crippen molar-refractivity contribution in [2.45, 2.75) is 18.5 Å². The number of para-hydroxylation sites is 1. The van der Waals surface area contributed by atoms with E-state index in [1.165, 1.54) is 0 Å². The van der Waals surface area contributed by atoms with E-state index in [1.54, 1.807) is 12.1 Å². The Bertz CT molecular complexity index is 435. The average molecular weight is 249 g/mol. The number of hydrogen-bond acceptors (Lipinski definition) is 3. The van der Waals surface area contributed by atoms with Crippen molar-refractivity contribution in [2.24, 2.45) is 0 Å². The Hall–Kier alpha value is -2.08. The Balaban J connectivity index is 1.90. The summed E-state index contributed by atoms with van der Waals surface area (Å²) in [5.74, 6) is -0.947. The number of nitrogens with one attached hydrogen (secondary N) is 3. The van der Waals surface area contributed by atoms with Gasteiger partial charge in [0.1, 0.15) is 6.04 Å². The van der Waals surface area contributed by atoms with E-state index in [0.717, 1.165) is 0 Å². The topological polar surface area (TPSA) is 90.5 Å². The molecule has 0 saturated carbocycles. The zero-order valence-electron chi connectivity index (χ0n) is 9.72. The van der Waals surface area contributed by atoms with Gasteiger partial charge in [-0.3, -0.25) is 4.79 Å². The van der Waals surface area contributed by atoms with Crippen LogP contribution in [0.2, 0.25) is 0 Å². The molecule has 0 spiro atoms. The summed E-state index contributed by atoms with van der Waals surface area (Å²) < 4.78 is 0. The number of hydrogen-bond donors (Lipinski definition) is 4. The highest BCUT2D eigenvalue weighted by Crippen LogP contribution is 2.09. The predicted octanol–water partition coefficient (Wildman–Crippen LogP) is 0.623. The smallest absolute Gasteiger partial charge is 0.322 e. The van der Waals surface area contributed by atoms with Gasteiger partial charge in [-0.15, -0.1) is 0 Å². The van der Waals surface area contributed by atoms with Crippen molar-refractivity contribution in [3.8, 4) is 0 Å². The Morgan fingerprint density at radius 3 is 2.67 bits per heavy atom. The van der Waals surface area contributed by atoms with Crippen molar-refractivity contribution in [1.29, 1.82) is 0 Å². The van der Waals surface area contributed by atoms with Crippen LogP contribution in [0.15, 0.2) is 30.3 Å². The van der Waals surface area contributed by atoms with Gasteiger partial charge >= 0.3 is 12.0 Å². The summed E-state index contributed by atoms with van der Waals surface area (Å²) >= 11 is 0. The lowest BCUT2D eigenvalue weighted by atomic mass is 10.1. The van der Waals surface area contributed by atoms with Crippen LogP contribution >= 0.6 is 0 Å². The molecule has 96 valence electrons. The lowest BCUT2D eigenvalue weighted by molar-refractivity contribution is -0.139. The fourth-order valence-corrected chi connectivity index (χ4v) is 1.98. The molecule has 0 bridgehead atoms. The van der Waals surface area contributed by atoms with Crippen LogP contribution in [0.1, 0.15) is 6.42 Å². The quantitative estimate of drug-likeness (QED) is 0.632. The van der Waals surface area contributed by atoms with Crippen molar-refractivity contribution in [3.05, 3.63) is 30.3 Å². The molecular formula is C12H15N3O3. The summed E-state index contributed by atoms with van der Waals surface area (Å²) in [6.45, 7) is 0.591. The predicted molar refractivity (Wildman–Crippen MR) is 66.4 cm³/mol. The van der Waals surface area contributed by atoms with E-state index in [0.29, 0.717) is 18.7 Å². The molecule has 1 aromatic rings. The molecular weight excluding hydrogens is 234 g/mol. The molecule has 0 radical (unpaired) electrons. The number of anilines is 1. The molecule has 1 aromatic carbocycles. The molecule has 0 aliphatic carbocycles. The first-order chi connectivity index (χ1) is 8.66. The van der Waals surface area contributed by atoms with Crippen LogP contribution in [-0.2, 0) is 4.79 Å². The van der Waals surface area contributed by atoms with Crippen molar-refractivity contribution in [2.75, 3.05) is 11.9 Å². The Kier molecular flexibility index (Phi) is 3.78. The third kappa shape index (κ3) is 2.98. The van der Waals surface area contributed by atoms with Gasteiger partial charge in [-0.25, -0.2) is 4.79 Å². The van der Waals surface area contributed by atoms with Crippen LogP contribution in [0.5, 0.6) is 0 Å². The normalized spacial score (nSPS) is 22.4. The highest BCUT2D eigenvalue weighted by molar-refractivity contribution is 5.90. The first-order valence-corrected chi connectivity index (χ1v) is 5.75. The minimum Gasteiger partial charge on any atom is -0.480 e. The Morgan fingerprint density at radius 2 is 2.00 bits per heavy atom. The van der Waals surface area contributed by atoms with E-state index >= 15 is 0 Å². The highest BCUT2D eigenvalue weighted by atomic mass is 16.4. The lowest BCUT2D eigenvalue weighted by Crippen LogP contribution is -2.49. The number of aliphatic carboxylic acids is 1. The first kappa shape index (κ1) is 12.4. The molecule has 1 heterocycles. The molecule has 1 unspecified atom stereocenters. The van der Waals surface area contributed by atoms with Gasteiger partial charge in [0.15, 0.2) is 0 Å². The number of benzene rings is 1. The third-order valence-corrected chi connectivity index (χ3v) is 2.84. The monoisotopic (exact) mass is 249 g/mol. The summed E-state index contributed by atoms with van der Waals surface area (Å²) in [5.41, 5.74) is 0.674. The van der Waals surface area contributed by atoms with Gasteiger partial charge in [0, 0.05) is 5.69 Å². The maximum Gasteiger partial charge on any atom is 0.322 e. The minimum atomic E-state index is -0.947. The van der Waals surface area contributed by atoms with Gasteiger partial charge in [-0.2, -0.15) is 0 Å². The molecule has 6 nitrogen and oxygen atoms in total. The van der Waals surface area contributed by atoms with E-state index in [9.17, 15) is 9.59 Å². The molecule has 1 saturated heterocycles. The van der Waals surface area contributed by atoms with Gasteiger partial charge < -0.3 is 21.1 Å². The summed E-state index contributed by atoms with van der Waals surface area (Å²) in [6, 6.07) is 7.52. The number of carboxylic acid groups (broad SMARTS) is 1. The van der Waals surface area contributed by atoms with Crippen molar-refractivity contribution >= 4 is 17.7 Å². The van der Waals surface area contributed by atoms with Crippen LogP contribution in [0.25, 0.3) is 0 Å². The van der Waals surface area contributed by atoms with Crippen LogP contribution in [0.3, 0.4) is 0 Å². The standard InChI is InChI=1S/C12H15N3O3/c16-11(17)10-9(6-7-13-10)15-12(18)14-8-4-2-1-3-5-8/h1-5,9-10,13H,6-7H2,(H,16,17)(H2,14,15,18)/t9?,10-/m0/s1. The molecule has 0 aromatic heterocycles. The Morgan fingerprint density at radius 1 is 1.28 bits per heavy atom. The van der Waals surface area contributed by atoms with E-state index in [1.807, 2.05) is 18.2 Å². The van der Waals surface area contributed by atoms with Crippen LogP contribution in [0.4, 0.5) is 10.5 Å². The van der Waals surface area contributed by atoms with Crippen LogP contribution < -0.4 is 16.0 Å². The molecule has 2 atom stereocenters. The van der Waals surface area contributed by atoms with E-state index < -0.39 is 12.0 Å². The fourth-order valence-electron chi connectivity index (χ4n) is 1.98. The van der Waals surface area contributed by atoms with Crippen molar-refractivity contribution in [1.82, 2.24) is 10.6 Å². The van der Waals surface area contributed by atoms with E-state index in [2.05, 4.69) is 16.0 Å². The second-order valence-electron chi connectivity index (χ2n) is 4.13. The van der Waals surface area contributed by atoms with Crippen LogP contribution in [-0.4, -0.2) is 35.7 Å². The molecule has 1 fully saturated rings. The second-order valence-corrected chi connectivity index (χ2v) is 4.13. The van der Waals surface area contributed by atoms with Gasteiger partial charge in [0.25, 0.3) is 0 Å². The number of rotatable bonds is 3. The SMILES string of the molecule is O=C(Nc1ccccc1)NC1CCN[C@@H]1C(=O)O. The van der Waals surface area contributed by atoms with Gasteiger partial charge in [0.2, 0.25) is 0 Å². The summed E-state index contributed by atoms with van der Waals surface area (Å²) in [5, 5.41) is 17.1. The number of amides is 2. The highest BCUT2D eigenvalue weighted by Gasteiger charge is 2.33. The molecule has 2 amide bonds. The van der Waals surface area contributed by atoms with Crippen LogP contribution in [0, 0.1) is 0 Å². The average Bonchev–Trinajstić information content (AvgIpc) is 2.78. The van der Waals surface area contributed by atoms with Crippen molar-refractivity contribution in [3.63, 3.8) is 0 Å². The second kappa shape index (κ2) is 5.50. The van der Waals surface area contributed by atoms with Gasteiger partial charge in [0.05, 0.1) is 6.04 Å². The number of carbonyl (C=O) groups excluding carboxylic acids is 1. The number of carboxylic acids is 1.